The number of benzene rings is 1. The molecule has 0 atom stereocenters. The Morgan fingerprint density at radius 3 is 2.52 bits per heavy atom. The van der Waals surface area contributed by atoms with Crippen molar-refractivity contribution in [3.63, 3.8) is 0 Å². The first-order valence-electron chi connectivity index (χ1n) is 6.99. The molecule has 0 spiro atoms. The third-order valence-corrected chi connectivity index (χ3v) is 4.95. The average Bonchev–Trinajstić information content (AvgIpc) is 2.34. The molecule has 1 aromatic rings. The average molecular weight is 311 g/mol. The lowest BCUT2D eigenvalue weighted by Crippen LogP contribution is -2.63. The lowest BCUT2D eigenvalue weighted by Gasteiger charge is -2.46. The van der Waals surface area contributed by atoms with Gasteiger partial charge in [-0.3, -0.25) is 4.79 Å². The molecule has 1 aliphatic rings. The predicted molar refractivity (Wildman–Crippen MR) is 80.1 cm³/mol. The summed E-state index contributed by atoms with van der Waals surface area (Å²) in [6, 6.07) is 4.57. The highest BCUT2D eigenvalue weighted by Gasteiger charge is 2.43. The maximum atomic E-state index is 12.4. The molecule has 1 N–H and O–H groups in total. The molecule has 0 aliphatic carbocycles. The van der Waals surface area contributed by atoms with E-state index >= 15 is 0 Å². The number of nitrogens with zero attached hydrogens (tertiary/aromatic N) is 1. The van der Waals surface area contributed by atoms with Crippen LogP contribution in [-0.2, 0) is 9.84 Å². The van der Waals surface area contributed by atoms with Gasteiger partial charge in [-0.1, -0.05) is 19.4 Å². The number of hydrogen-bond donors (Lipinski definition) is 1. The van der Waals surface area contributed by atoms with E-state index in [9.17, 15) is 18.3 Å². The normalized spacial score (nSPS) is 17.4. The summed E-state index contributed by atoms with van der Waals surface area (Å²) in [5, 5.41) is 10.1. The third kappa shape index (κ3) is 3.27. The van der Waals surface area contributed by atoms with Crippen LogP contribution in [0.25, 0.3) is 0 Å². The van der Waals surface area contributed by atoms with Crippen LogP contribution in [0.1, 0.15) is 35.7 Å². The van der Waals surface area contributed by atoms with E-state index in [0.717, 1.165) is 18.2 Å². The van der Waals surface area contributed by atoms with Crippen LogP contribution in [0.3, 0.4) is 0 Å². The molecular weight excluding hydrogens is 290 g/mol. The van der Waals surface area contributed by atoms with Gasteiger partial charge in [0.25, 0.3) is 5.91 Å². The highest BCUT2D eigenvalue weighted by atomic mass is 32.2. The zero-order chi connectivity index (χ0) is 15.8. The number of carbonyl (C=O) groups excluding carboxylic acids is 1. The van der Waals surface area contributed by atoms with Crippen LogP contribution >= 0.6 is 0 Å². The Balaban J connectivity index is 2.21. The first-order chi connectivity index (χ1) is 9.66. The van der Waals surface area contributed by atoms with Crippen LogP contribution in [0.2, 0.25) is 0 Å². The Kier molecular flexibility index (Phi) is 4.13. The van der Waals surface area contributed by atoms with Gasteiger partial charge < -0.3 is 10.0 Å². The standard InChI is InChI=1S/C15H21NO4S/c1-4-7-15(18)9-16(10-15)14(17)13-8-12(21(3,19)20)6-5-11(13)2/h5-6,8,18H,4,7,9-10H2,1-3H3. The Bertz CT molecular complexity index is 660. The molecule has 0 bridgehead atoms. The van der Waals surface area contributed by atoms with Crippen molar-refractivity contribution >= 4 is 15.7 Å². The van der Waals surface area contributed by atoms with Crippen LogP contribution in [0.15, 0.2) is 23.1 Å². The van der Waals surface area contributed by atoms with E-state index in [1.165, 1.54) is 12.1 Å². The molecule has 1 aliphatic heterocycles. The molecule has 116 valence electrons. The topological polar surface area (TPSA) is 74.7 Å². The summed E-state index contributed by atoms with van der Waals surface area (Å²) >= 11 is 0. The van der Waals surface area contributed by atoms with Crippen molar-refractivity contribution in [3.8, 4) is 0 Å². The predicted octanol–water partition coefficient (Wildman–Crippen LogP) is 1.39. The second-order valence-electron chi connectivity index (χ2n) is 5.88. The van der Waals surface area contributed by atoms with Crippen molar-refractivity contribution < 1.29 is 18.3 Å². The molecule has 0 unspecified atom stereocenters. The fourth-order valence-electron chi connectivity index (χ4n) is 2.66. The molecule has 6 heteroatoms. The third-order valence-electron chi connectivity index (χ3n) is 3.84. The number of hydrogen-bond acceptors (Lipinski definition) is 4. The molecule has 1 fully saturated rings. The van der Waals surface area contributed by atoms with Gasteiger partial charge in [-0.2, -0.15) is 0 Å². The van der Waals surface area contributed by atoms with Gasteiger partial charge in [0.15, 0.2) is 9.84 Å². The number of sulfone groups is 1. The monoisotopic (exact) mass is 311 g/mol. The fraction of sp³-hybridized carbons (Fsp3) is 0.533. The lowest BCUT2D eigenvalue weighted by molar-refractivity contribution is -0.0860. The Morgan fingerprint density at radius 1 is 1.38 bits per heavy atom. The number of amides is 1. The van der Waals surface area contributed by atoms with Crippen molar-refractivity contribution in [3.05, 3.63) is 29.3 Å². The zero-order valence-electron chi connectivity index (χ0n) is 12.6. The summed E-state index contributed by atoms with van der Waals surface area (Å²) in [7, 11) is -3.34. The van der Waals surface area contributed by atoms with Gasteiger partial charge in [0.05, 0.1) is 23.6 Å². The summed E-state index contributed by atoms with van der Waals surface area (Å²) < 4.78 is 23.2. The van der Waals surface area contributed by atoms with E-state index in [1.54, 1.807) is 17.9 Å². The number of likely N-dealkylation sites (tertiary alicyclic amines) is 1. The van der Waals surface area contributed by atoms with Gasteiger partial charge in [0, 0.05) is 11.8 Å². The molecule has 1 heterocycles. The summed E-state index contributed by atoms with van der Waals surface area (Å²) in [5.41, 5.74) is 0.335. The number of aryl methyl sites for hydroxylation is 1. The van der Waals surface area contributed by atoms with E-state index in [2.05, 4.69) is 0 Å². The molecule has 5 nitrogen and oxygen atoms in total. The molecule has 0 saturated carbocycles. The van der Waals surface area contributed by atoms with E-state index in [4.69, 9.17) is 0 Å². The van der Waals surface area contributed by atoms with Crippen LogP contribution < -0.4 is 0 Å². The van der Waals surface area contributed by atoms with Gasteiger partial charge in [0.1, 0.15) is 0 Å². The molecule has 1 aromatic carbocycles. The van der Waals surface area contributed by atoms with Gasteiger partial charge >= 0.3 is 0 Å². The smallest absolute Gasteiger partial charge is 0.254 e. The molecule has 1 saturated heterocycles. The van der Waals surface area contributed by atoms with Gasteiger partial charge in [-0.15, -0.1) is 0 Å². The maximum absolute atomic E-state index is 12.4. The quantitative estimate of drug-likeness (QED) is 0.912. The minimum Gasteiger partial charge on any atom is -0.386 e. The van der Waals surface area contributed by atoms with Crippen molar-refractivity contribution in [2.24, 2.45) is 0 Å². The van der Waals surface area contributed by atoms with E-state index < -0.39 is 15.4 Å². The van der Waals surface area contributed by atoms with Crippen LogP contribution in [-0.4, -0.2) is 49.3 Å². The van der Waals surface area contributed by atoms with Crippen molar-refractivity contribution in [2.45, 2.75) is 37.2 Å². The van der Waals surface area contributed by atoms with Crippen LogP contribution in [0.5, 0.6) is 0 Å². The largest absolute Gasteiger partial charge is 0.386 e. The highest BCUT2D eigenvalue weighted by Crippen LogP contribution is 2.28. The lowest BCUT2D eigenvalue weighted by atomic mass is 9.88. The Morgan fingerprint density at radius 2 is 2.00 bits per heavy atom. The summed E-state index contributed by atoms with van der Waals surface area (Å²) in [4.78, 5) is 14.1. The second kappa shape index (κ2) is 5.42. The molecular formula is C15H21NO4S. The fourth-order valence-corrected chi connectivity index (χ4v) is 3.31. The maximum Gasteiger partial charge on any atom is 0.254 e. The van der Waals surface area contributed by atoms with E-state index in [-0.39, 0.29) is 10.8 Å². The van der Waals surface area contributed by atoms with Gasteiger partial charge in [0.2, 0.25) is 0 Å². The minimum atomic E-state index is -3.34. The summed E-state index contributed by atoms with van der Waals surface area (Å²) in [6.45, 7) is 4.38. The Hall–Kier alpha value is -1.40. The summed E-state index contributed by atoms with van der Waals surface area (Å²) in [6.07, 6.45) is 2.65. The van der Waals surface area contributed by atoms with E-state index in [1.807, 2.05) is 6.92 Å². The van der Waals surface area contributed by atoms with Gasteiger partial charge in [-0.05, 0) is 31.0 Å². The SMILES string of the molecule is CCCC1(O)CN(C(=O)c2cc(S(C)(=O)=O)ccc2C)C1. The first kappa shape index (κ1) is 16.0. The van der Waals surface area contributed by atoms with Crippen molar-refractivity contribution in [2.75, 3.05) is 19.3 Å². The van der Waals surface area contributed by atoms with Crippen molar-refractivity contribution in [1.29, 1.82) is 0 Å². The number of β-amino-alcohol motifs (C(OH)–C–C–N with tert-alkyl or cyclic N) is 1. The number of aliphatic hydroxyl groups is 1. The molecule has 0 aromatic heterocycles. The van der Waals surface area contributed by atoms with Crippen LogP contribution in [0, 0.1) is 6.92 Å². The number of carbonyl (C=O) groups is 1. The zero-order valence-corrected chi connectivity index (χ0v) is 13.4. The van der Waals surface area contributed by atoms with Crippen molar-refractivity contribution in [1.82, 2.24) is 4.90 Å². The minimum absolute atomic E-state index is 0.140. The van der Waals surface area contributed by atoms with Gasteiger partial charge in [-0.25, -0.2) is 8.42 Å². The molecule has 1 amide bonds. The molecule has 2 rings (SSSR count). The number of rotatable bonds is 4. The second-order valence-corrected chi connectivity index (χ2v) is 7.90. The van der Waals surface area contributed by atoms with Crippen LogP contribution in [0.4, 0.5) is 0 Å². The van der Waals surface area contributed by atoms with E-state index in [0.29, 0.717) is 25.1 Å². The highest BCUT2D eigenvalue weighted by molar-refractivity contribution is 7.90. The first-order valence-corrected chi connectivity index (χ1v) is 8.88. The molecule has 21 heavy (non-hydrogen) atoms. The summed E-state index contributed by atoms with van der Waals surface area (Å²) in [5.74, 6) is -0.223. The Labute approximate surface area is 125 Å². The molecule has 0 radical (unpaired) electrons.